The van der Waals surface area contributed by atoms with E-state index in [0.29, 0.717) is 18.0 Å². The van der Waals surface area contributed by atoms with E-state index < -0.39 is 5.41 Å². The minimum atomic E-state index is -1.21. The van der Waals surface area contributed by atoms with Gasteiger partial charge in [0.1, 0.15) is 11.2 Å². The Kier molecular flexibility index (Phi) is 5.58. The molecule has 0 bridgehead atoms. The lowest BCUT2D eigenvalue weighted by Gasteiger charge is -2.22. The highest BCUT2D eigenvalue weighted by molar-refractivity contribution is 6.13. The zero-order valence-electron chi connectivity index (χ0n) is 14.1. The summed E-state index contributed by atoms with van der Waals surface area (Å²) in [6, 6.07) is 16.1. The van der Waals surface area contributed by atoms with Gasteiger partial charge in [0, 0.05) is 11.4 Å². The molecule has 24 heavy (non-hydrogen) atoms. The smallest absolute Gasteiger partial charge is 0.239 e. The molecule has 0 unspecified atom stereocenters. The molecule has 0 fully saturated rings. The highest BCUT2D eigenvalue weighted by Crippen LogP contribution is 2.22. The van der Waals surface area contributed by atoms with E-state index in [0.717, 1.165) is 5.75 Å². The molecule has 0 aliphatic rings. The standard InChI is InChI=1S/C19H22N2O3/c1-4-24-16-12-10-15(11-13-16)21-18(23)19(2,3)17(22)20-14-8-6-5-7-9-14/h5-13H,4H2,1-3H3,(H,20,22)(H,21,23). The quantitative estimate of drug-likeness (QED) is 0.796. The van der Waals surface area contributed by atoms with Gasteiger partial charge in [-0.3, -0.25) is 9.59 Å². The highest BCUT2D eigenvalue weighted by Gasteiger charge is 2.36. The topological polar surface area (TPSA) is 67.4 Å². The van der Waals surface area contributed by atoms with Crippen molar-refractivity contribution in [1.29, 1.82) is 0 Å². The van der Waals surface area contributed by atoms with Gasteiger partial charge in [-0.25, -0.2) is 0 Å². The predicted molar refractivity (Wildman–Crippen MR) is 95.1 cm³/mol. The van der Waals surface area contributed by atoms with E-state index in [1.54, 1.807) is 50.2 Å². The number of hydrogen-bond acceptors (Lipinski definition) is 3. The molecule has 2 N–H and O–H groups in total. The summed E-state index contributed by atoms with van der Waals surface area (Å²) in [5.41, 5.74) is 0.0579. The van der Waals surface area contributed by atoms with Crippen molar-refractivity contribution in [3.05, 3.63) is 54.6 Å². The van der Waals surface area contributed by atoms with Crippen LogP contribution in [0.4, 0.5) is 11.4 Å². The van der Waals surface area contributed by atoms with Crippen LogP contribution in [0, 0.1) is 5.41 Å². The van der Waals surface area contributed by atoms with Crippen molar-refractivity contribution in [2.24, 2.45) is 5.41 Å². The number of ether oxygens (including phenoxy) is 1. The number of amides is 2. The molecule has 0 radical (unpaired) electrons. The first-order valence-electron chi connectivity index (χ1n) is 7.84. The van der Waals surface area contributed by atoms with Gasteiger partial charge in [-0.2, -0.15) is 0 Å². The molecule has 0 aromatic heterocycles. The van der Waals surface area contributed by atoms with Crippen LogP contribution in [-0.4, -0.2) is 18.4 Å². The number of hydrogen-bond donors (Lipinski definition) is 2. The Morgan fingerprint density at radius 2 is 1.38 bits per heavy atom. The van der Waals surface area contributed by atoms with Gasteiger partial charge in [-0.05, 0) is 57.2 Å². The van der Waals surface area contributed by atoms with E-state index in [9.17, 15) is 9.59 Å². The third-order valence-corrected chi connectivity index (χ3v) is 3.59. The third-order valence-electron chi connectivity index (χ3n) is 3.59. The summed E-state index contributed by atoms with van der Waals surface area (Å²) in [6.07, 6.45) is 0. The highest BCUT2D eigenvalue weighted by atomic mass is 16.5. The van der Waals surface area contributed by atoms with Crippen molar-refractivity contribution in [3.8, 4) is 5.75 Å². The van der Waals surface area contributed by atoms with E-state index in [-0.39, 0.29) is 11.8 Å². The lowest BCUT2D eigenvalue weighted by Crippen LogP contribution is -2.41. The van der Waals surface area contributed by atoms with Crippen molar-refractivity contribution in [2.75, 3.05) is 17.2 Å². The van der Waals surface area contributed by atoms with Crippen molar-refractivity contribution >= 4 is 23.2 Å². The van der Waals surface area contributed by atoms with Gasteiger partial charge < -0.3 is 15.4 Å². The van der Waals surface area contributed by atoms with Crippen LogP contribution in [0.15, 0.2) is 54.6 Å². The Bertz CT molecular complexity index is 694. The lowest BCUT2D eigenvalue weighted by molar-refractivity contribution is -0.135. The Hall–Kier alpha value is -2.82. The number of carbonyl (C=O) groups is 2. The first-order valence-corrected chi connectivity index (χ1v) is 7.84. The summed E-state index contributed by atoms with van der Waals surface area (Å²) in [6.45, 7) is 5.67. The summed E-state index contributed by atoms with van der Waals surface area (Å²) in [5.74, 6) is -0.00573. The van der Waals surface area contributed by atoms with Gasteiger partial charge in [0.2, 0.25) is 11.8 Å². The molecule has 0 saturated carbocycles. The molecule has 2 aromatic carbocycles. The second-order valence-electron chi connectivity index (χ2n) is 5.86. The van der Waals surface area contributed by atoms with Gasteiger partial charge in [0.05, 0.1) is 6.61 Å². The first-order chi connectivity index (χ1) is 11.4. The molecule has 0 saturated heterocycles. The average molecular weight is 326 g/mol. The minimum absolute atomic E-state index is 0.364. The first kappa shape index (κ1) is 17.5. The zero-order valence-corrected chi connectivity index (χ0v) is 14.1. The van der Waals surface area contributed by atoms with E-state index in [1.807, 2.05) is 25.1 Å². The van der Waals surface area contributed by atoms with Crippen LogP contribution in [0.2, 0.25) is 0 Å². The second-order valence-corrected chi connectivity index (χ2v) is 5.86. The van der Waals surface area contributed by atoms with E-state index in [2.05, 4.69) is 10.6 Å². The Morgan fingerprint density at radius 3 is 1.88 bits per heavy atom. The monoisotopic (exact) mass is 326 g/mol. The van der Waals surface area contributed by atoms with Crippen LogP contribution in [0.1, 0.15) is 20.8 Å². The SMILES string of the molecule is CCOc1ccc(NC(=O)C(C)(C)C(=O)Nc2ccccc2)cc1. The Morgan fingerprint density at radius 1 is 0.875 bits per heavy atom. The number of para-hydroxylation sites is 1. The van der Waals surface area contributed by atoms with Crippen LogP contribution >= 0.6 is 0 Å². The molecule has 5 nitrogen and oxygen atoms in total. The number of rotatable bonds is 6. The van der Waals surface area contributed by atoms with Crippen LogP contribution < -0.4 is 15.4 Å². The summed E-state index contributed by atoms with van der Waals surface area (Å²) in [5, 5.41) is 5.52. The molecular weight excluding hydrogens is 304 g/mol. The molecule has 0 atom stereocenters. The van der Waals surface area contributed by atoms with Gasteiger partial charge in [0.15, 0.2) is 0 Å². The van der Waals surface area contributed by atoms with Gasteiger partial charge in [-0.1, -0.05) is 18.2 Å². The molecule has 0 heterocycles. The van der Waals surface area contributed by atoms with Crippen LogP contribution in [-0.2, 0) is 9.59 Å². The second kappa shape index (κ2) is 7.64. The predicted octanol–water partition coefficient (Wildman–Crippen LogP) is 3.69. The van der Waals surface area contributed by atoms with Crippen LogP contribution in [0.25, 0.3) is 0 Å². The maximum absolute atomic E-state index is 12.5. The molecule has 0 spiro atoms. The Balaban J connectivity index is 2.02. The number of anilines is 2. The normalized spacial score (nSPS) is 10.8. The fourth-order valence-electron chi connectivity index (χ4n) is 2.00. The molecule has 2 aromatic rings. The van der Waals surface area contributed by atoms with Crippen molar-refractivity contribution in [1.82, 2.24) is 0 Å². The molecule has 2 rings (SSSR count). The fourth-order valence-corrected chi connectivity index (χ4v) is 2.00. The molecule has 0 aliphatic heterocycles. The fraction of sp³-hybridized carbons (Fsp3) is 0.263. The zero-order chi connectivity index (χ0) is 17.6. The van der Waals surface area contributed by atoms with E-state index in [4.69, 9.17) is 4.74 Å². The largest absolute Gasteiger partial charge is 0.494 e. The third kappa shape index (κ3) is 4.35. The average Bonchev–Trinajstić information content (AvgIpc) is 2.57. The van der Waals surface area contributed by atoms with Crippen LogP contribution in [0.5, 0.6) is 5.75 Å². The van der Waals surface area contributed by atoms with Gasteiger partial charge in [0.25, 0.3) is 0 Å². The number of nitrogens with one attached hydrogen (secondary N) is 2. The van der Waals surface area contributed by atoms with Crippen LogP contribution in [0.3, 0.4) is 0 Å². The molecule has 2 amide bonds. The number of carbonyl (C=O) groups excluding carboxylic acids is 2. The summed E-state index contributed by atoms with van der Waals surface area (Å²) in [7, 11) is 0. The maximum atomic E-state index is 12.5. The summed E-state index contributed by atoms with van der Waals surface area (Å²) < 4.78 is 5.36. The van der Waals surface area contributed by atoms with Crippen molar-refractivity contribution in [2.45, 2.75) is 20.8 Å². The lowest BCUT2D eigenvalue weighted by atomic mass is 9.90. The maximum Gasteiger partial charge on any atom is 0.239 e. The molecule has 5 heteroatoms. The van der Waals surface area contributed by atoms with Crippen molar-refractivity contribution in [3.63, 3.8) is 0 Å². The summed E-state index contributed by atoms with van der Waals surface area (Å²) >= 11 is 0. The minimum Gasteiger partial charge on any atom is -0.494 e. The number of benzene rings is 2. The van der Waals surface area contributed by atoms with E-state index in [1.165, 1.54) is 0 Å². The molecular formula is C19H22N2O3. The molecule has 0 aliphatic carbocycles. The molecule has 126 valence electrons. The van der Waals surface area contributed by atoms with Gasteiger partial charge >= 0.3 is 0 Å². The van der Waals surface area contributed by atoms with Crippen molar-refractivity contribution < 1.29 is 14.3 Å². The Labute approximate surface area is 142 Å². The van der Waals surface area contributed by atoms with Gasteiger partial charge in [-0.15, -0.1) is 0 Å². The van der Waals surface area contributed by atoms with E-state index >= 15 is 0 Å². The summed E-state index contributed by atoms with van der Waals surface area (Å²) in [4.78, 5) is 24.9.